The first-order chi connectivity index (χ1) is 9.67. The van der Waals surface area contributed by atoms with Gasteiger partial charge in [0.1, 0.15) is 0 Å². The molecule has 0 rings (SSSR count). The molecule has 0 heterocycles. The number of aliphatic carboxylic acids is 2. The van der Waals surface area contributed by atoms with Crippen molar-refractivity contribution in [3.63, 3.8) is 0 Å². The van der Waals surface area contributed by atoms with Crippen LogP contribution in [0.3, 0.4) is 0 Å². The van der Waals surface area contributed by atoms with E-state index in [0.29, 0.717) is 12.8 Å². The third-order valence-corrected chi connectivity index (χ3v) is 5.13. The summed E-state index contributed by atoms with van der Waals surface area (Å²) in [6.45, 7) is 2.06. The Morgan fingerprint density at radius 2 is 1.48 bits per heavy atom. The van der Waals surface area contributed by atoms with Crippen LogP contribution in [0.5, 0.6) is 0 Å². The molecule has 0 fully saturated rings. The van der Waals surface area contributed by atoms with Crippen LogP contribution in [0.2, 0.25) is 0 Å². The predicted molar refractivity (Wildman–Crippen MR) is 76.8 cm³/mol. The van der Waals surface area contributed by atoms with E-state index in [-0.39, 0.29) is 6.42 Å². The highest BCUT2D eigenvalue weighted by Crippen LogP contribution is 2.30. The first kappa shape index (κ1) is 19.9. The fourth-order valence-electron chi connectivity index (χ4n) is 2.21. The van der Waals surface area contributed by atoms with Gasteiger partial charge in [0.2, 0.25) is 0 Å². The molecule has 7 nitrogen and oxygen atoms in total. The van der Waals surface area contributed by atoms with Crippen molar-refractivity contribution in [3.05, 3.63) is 0 Å². The van der Waals surface area contributed by atoms with Gasteiger partial charge in [-0.1, -0.05) is 45.4 Å². The normalized spacial score (nSPS) is 14.6. The minimum atomic E-state index is -4.88. The summed E-state index contributed by atoms with van der Waals surface area (Å²) in [6, 6.07) is 0. The lowest BCUT2D eigenvalue weighted by Crippen LogP contribution is -2.46. The van der Waals surface area contributed by atoms with Crippen molar-refractivity contribution in [1.82, 2.24) is 0 Å². The molecule has 0 bridgehead atoms. The van der Waals surface area contributed by atoms with Gasteiger partial charge in [-0.15, -0.1) is 0 Å². The Morgan fingerprint density at radius 3 is 1.90 bits per heavy atom. The van der Waals surface area contributed by atoms with Gasteiger partial charge in [-0.3, -0.25) is 14.1 Å². The van der Waals surface area contributed by atoms with E-state index in [1.54, 1.807) is 0 Å². The summed E-state index contributed by atoms with van der Waals surface area (Å²) in [5, 5.41) is 17.8. The van der Waals surface area contributed by atoms with Crippen LogP contribution in [0.1, 0.15) is 64.7 Å². The Kier molecular flexibility index (Phi) is 8.50. The zero-order valence-electron chi connectivity index (χ0n) is 12.2. The molecular weight excluding hydrogens is 300 g/mol. The predicted octanol–water partition coefficient (Wildman–Crippen LogP) is 2.31. The number of hydrogen-bond donors (Lipinski definition) is 3. The van der Waals surface area contributed by atoms with Crippen LogP contribution in [-0.2, 0) is 19.7 Å². The van der Waals surface area contributed by atoms with E-state index in [9.17, 15) is 27.7 Å². The molecule has 0 spiro atoms. The zero-order chi connectivity index (χ0) is 16.5. The first-order valence-electron chi connectivity index (χ1n) is 7.09. The Labute approximate surface area is 125 Å². The molecule has 0 saturated carbocycles. The zero-order valence-corrected chi connectivity index (χ0v) is 13.1. The molecular formula is C13H24O7S. The van der Waals surface area contributed by atoms with E-state index in [1.165, 1.54) is 0 Å². The second kappa shape index (κ2) is 8.99. The summed E-state index contributed by atoms with van der Waals surface area (Å²) in [5.74, 6) is -2.99. The van der Waals surface area contributed by atoms with Gasteiger partial charge in [0.15, 0.2) is 4.75 Å². The minimum Gasteiger partial charge on any atom is -0.481 e. The number of carbonyl (C=O) groups is 2. The summed E-state index contributed by atoms with van der Waals surface area (Å²) < 4.78 is 29.7. The van der Waals surface area contributed by atoms with Crippen LogP contribution in [0.15, 0.2) is 0 Å². The Bertz CT molecular complexity index is 443. The Morgan fingerprint density at radius 1 is 0.952 bits per heavy atom. The first-order valence-corrected chi connectivity index (χ1v) is 8.53. The molecule has 3 N–H and O–H groups in total. The van der Waals surface area contributed by atoms with Crippen molar-refractivity contribution in [2.45, 2.75) is 69.5 Å². The van der Waals surface area contributed by atoms with Crippen LogP contribution in [0.25, 0.3) is 0 Å². The summed E-state index contributed by atoms with van der Waals surface area (Å²) in [6.07, 6.45) is 3.39. The van der Waals surface area contributed by atoms with Gasteiger partial charge in [0.05, 0.1) is 0 Å². The number of hydrogen-bond acceptors (Lipinski definition) is 4. The second-order valence-electron chi connectivity index (χ2n) is 5.19. The molecule has 1 atom stereocenters. The van der Waals surface area contributed by atoms with Crippen molar-refractivity contribution in [2.24, 2.45) is 0 Å². The smallest absolute Gasteiger partial charge is 0.327 e. The maximum atomic E-state index is 11.5. The summed E-state index contributed by atoms with van der Waals surface area (Å²) in [7, 11) is -4.88. The monoisotopic (exact) mass is 324 g/mol. The molecule has 0 radical (unpaired) electrons. The standard InChI is InChI=1S/C13H24O7S/c1-2-3-4-5-6-7-9-13(12(16)17,21(18,19)20)10-8-11(14)15/h2-10H2,1H3,(H,14,15)(H,16,17)(H,18,19,20). The minimum absolute atomic E-state index is 0.277. The molecule has 21 heavy (non-hydrogen) atoms. The fraction of sp³-hybridized carbons (Fsp3) is 0.846. The van der Waals surface area contributed by atoms with Crippen LogP contribution in [0.4, 0.5) is 0 Å². The van der Waals surface area contributed by atoms with E-state index >= 15 is 0 Å². The maximum absolute atomic E-state index is 11.5. The molecule has 0 aliphatic heterocycles. The number of carboxylic acids is 2. The van der Waals surface area contributed by atoms with Crippen LogP contribution in [0, 0.1) is 0 Å². The van der Waals surface area contributed by atoms with E-state index in [1.807, 2.05) is 0 Å². The molecule has 0 aromatic carbocycles. The molecule has 0 saturated heterocycles. The van der Waals surface area contributed by atoms with E-state index in [2.05, 4.69) is 6.92 Å². The average molecular weight is 324 g/mol. The Balaban J connectivity index is 4.79. The molecule has 1 unspecified atom stereocenters. The van der Waals surface area contributed by atoms with Gasteiger partial charge in [-0.05, 0) is 12.8 Å². The molecule has 0 amide bonds. The third kappa shape index (κ3) is 6.43. The molecule has 0 aromatic rings. The third-order valence-electron chi connectivity index (χ3n) is 3.56. The Hall–Kier alpha value is -1.15. The molecule has 0 aromatic heterocycles. The maximum Gasteiger partial charge on any atom is 0.327 e. The van der Waals surface area contributed by atoms with Crippen LogP contribution < -0.4 is 0 Å². The van der Waals surface area contributed by atoms with E-state index < -0.39 is 39.6 Å². The van der Waals surface area contributed by atoms with Gasteiger partial charge in [0.25, 0.3) is 10.1 Å². The number of rotatable bonds is 12. The second-order valence-corrected chi connectivity index (χ2v) is 6.92. The molecule has 124 valence electrons. The lowest BCUT2D eigenvalue weighted by molar-refractivity contribution is -0.141. The highest BCUT2D eigenvalue weighted by Gasteiger charge is 2.50. The van der Waals surface area contributed by atoms with Crippen molar-refractivity contribution in [2.75, 3.05) is 0 Å². The summed E-state index contributed by atoms with van der Waals surface area (Å²) in [5.41, 5.74) is 0. The molecule has 0 aliphatic rings. The summed E-state index contributed by atoms with van der Waals surface area (Å²) >= 11 is 0. The number of unbranched alkanes of at least 4 members (excludes halogenated alkanes) is 5. The topological polar surface area (TPSA) is 129 Å². The lowest BCUT2D eigenvalue weighted by atomic mass is 9.94. The largest absolute Gasteiger partial charge is 0.481 e. The quantitative estimate of drug-likeness (QED) is 0.371. The van der Waals surface area contributed by atoms with Gasteiger partial charge in [-0.2, -0.15) is 8.42 Å². The molecule has 8 heteroatoms. The van der Waals surface area contributed by atoms with E-state index in [4.69, 9.17) is 5.11 Å². The van der Waals surface area contributed by atoms with Gasteiger partial charge < -0.3 is 10.2 Å². The van der Waals surface area contributed by atoms with Crippen molar-refractivity contribution in [1.29, 1.82) is 0 Å². The summed E-state index contributed by atoms with van der Waals surface area (Å²) in [4.78, 5) is 21.9. The van der Waals surface area contributed by atoms with Gasteiger partial charge in [0, 0.05) is 6.42 Å². The highest BCUT2D eigenvalue weighted by atomic mass is 32.2. The van der Waals surface area contributed by atoms with Crippen molar-refractivity contribution >= 4 is 22.1 Å². The van der Waals surface area contributed by atoms with E-state index in [0.717, 1.165) is 25.7 Å². The lowest BCUT2D eigenvalue weighted by Gasteiger charge is -2.25. The fourth-order valence-corrected chi connectivity index (χ4v) is 3.19. The SMILES string of the molecule is CCCCCCCCC(CCC(=O)O)(C(=O)O)S(=O)(=O)O. The van der Waals surface area contributed by atoms with Crippen LogP contribution in [-0.4, -0.2) is 39.9 Å². The number of carboxylic acid groups (broad SMARTS) is 2. The van der Waals surface area contributed by atoms with Crippen molar-refractivity contribution in [3.8, 4) is 0 Å². The highest BCUT2D eigenvalue weighted by molar-refractivity contribution is 7.88. The van der Waals surface area contributed by atoms with Crippen molar-refractivity contribution < 1.29 is 32.8 Å². The molecule has 0 aliphatic carbocycles. The average Bonchev–Trinajstić information content (AvgIpc) is 2.34. The van der Waals surface area contributed by atoms with Gasteiger partial charge in [-0.25, -0.2) is 0 Å². The van der Waals surface area contributed by atoms with Crippen LogP contribution >= 0.6 is 0 Å². The van der Waals surface area contributed by atoms with Gasteiger partial charge >= 0.3 is 11.9 Å².